The van der Waals surface area contributed by atoms with E-state index in [1.165, 1.54) is 11.6 Å². The fraction of sp³-hybridized carbons (Fsp3) is 0.444. The molecule has 0 atom stereocenters. The van der Waals surface area contributed by atoms with Crippen LogP contribution < -0.4 is 5.32 Å². The van der Waals surface area contributed by atoms with E-state index < -0.39 is 22.8 Å². The second-order valence-electron chi connectivity index (χ2n) is 6.19. The Morgan fingerprint density at radius 3 is 2.50 bits per heavy atom. The molecule has 1 amide bonds. The van der Waals surface area contributed by atoms with Crippen LogP contribution in [0.15, 0.2) is 6.20 Å². The summed E-state index contributed by atoms with van der Waals surface area (Å²) in [6.07, 6.45) is 1.67. The molecule has 0 aromatic carbocycles. The average molecular weight is 438 g/mol. The van der Waals surface area contributed by atoms with Crippen LogP contribution in [0, 0.1) is 24.0 Å². The zero-order valence-corrected chi connectivity index (χ0v) is 17.8. The maximum absolute atomic E-state index is 12.5. The van der Waals surface area contributed by atoms with Gasteiger partial charge in [0, 0.05) is 0 Å². The normalized spacial score (nSPS) is 10.5. The Bertz CT molecular complexity index is 980. The quantitative estimate of drug-likeness (QED) is 0.358. The monoisotopic (exact) mass is 438 g/mol. The lowest BCUT2D eigenvalue weighted by atomic mass is 10.1. The first-order chi connectivity index (χ1) is 14.2. The molecule has 0 saturated heterocycles. The van der Waals surface area contributed by atoms with Crippen molar-refractivity contribution in [2.45, 2.75) is 40.7 Å². The highest BCUT2D eigenvalue weighted by Gasteiger charge is 2.28. The number of rotatable bonds is 9. The van der Waals surface area contributed by atoms with Gasteiger partial charge in [-0.25, -0.2) is 9.59 Å². The third kappa shape index (κ3) is 5.00. The predicted molar refractivity (Wildman–Crippen MR) is 108 cm³/mol. The number of esters is 2. The van der Waals surface area contributed by atoms with Gasteiger partial charge >= 0.3 is 17.6 Å². The van der Waals surface area contributed by atoms with Crippen molar-refractivity contribution in [3.63, 3.8) is 0 Å². The van der Waals surface area contributed by atoms with Gasteiger partial charge in [-0.3, -0.25) is 19.6 Å². The third-order valence-electron chi connectivity index (χ3n) is 4.07. The Morgan fingerprint density at radius 2 is 1.93 bits per heavy atom. The summed E-state index contributed by atoms with van der Waals surface area (Å²) in [5.41, 5.74) is 0.435. The second-order valence-corrected chi connectivity index (χ2v) is 7.22. The van der Waals surface area contributed by atoms with Gasteiger partial charge in [-0.15, -0.1) is 11.3 Å². The van der Waals surface area contributed by atoms with Gasteiger partial charge in [-0.2, -0.15) is 5.10 Å². The molecule has 1 N–H and O–H groups in total. The van der Waals surface area contributed by atoms with Crippen molar-refractivity contribution in [2.24, 2.45) is 0 Å². The molecular weight excluding hydrogens is 416 g/mol. The van der Waals surface area contributed by atoms with Crippen molar-refractivity contribution in [2.75, 3.05) is 18.5 Å². The van der Waals surface area contributed by atoms with Gasteiger partial charge in [0.05, 0.1) is 23.7 Å². The topological polar surface area (TPSA) is 143 Å². The van der Waals surface area contributed by atoms with E-state index in [-0.39, 0.29) is 46.6 Å². The second kappa shape index (κ2) is 9.96. The van der Waals surface area contributed by atoms with E-state index >= 15 is 0 Å². The van der Waals surface area contributed by atoms with Crippen molar-refractivity contribution in [1.82, 2.24) is 9.78 Å². The van der Waals surface area contributed by atoms with Gasteiger partial charge in [0.25, 0.3) is 0 Å². The van der Waals surface area contributed by atoms with E-state index in [4.69, 9.17) is 9.47 Å². The molecule has 0 saturated carbocycles. The Labute approximate surface area is 176 Å². The number of hydrogen-bond acceptors (Lipinski definition) is 9. The van der Waals surface area contributed by atoms with Crippen LogP contribution in [0.5, 0.6) is 0 Å². The van der Waals surface area contributed by atoms with Crippen LogP contribution in [0.4, 0.5) is 10.7 Å². The van der Waals surface area contributed by atoms with Crippen LogP contribution in [-0.4, -0.2) is 45.8 Å². The fourth-order valence-electron chi connectivity index (χ4n) is 2.58. The molecule has 0 spiro atoms. The molecule has 11 nitrogen and oxygen atoms in total. The van der Waals surface area contributed by atoms with Crippen LogP contribution >= 0.6 is 11.3 Å². The van der Waals surface area contributed by atoms with E-state index in [9.17, 15) is 24.5 Å². The SMILES string of the molecule is CCCOC(=O)c1c(NC(=O)Cn2ncc([N+](=O)[O-])c2C)sc(C(=O)OCC)c1C. The first kappa shape index (κ1) is 23.0. The largest absolute Gasteiger partial charge is 0.462 e. The number of nitro groups is 1. The Hall–Kier alpha value is -3.28. The molecule has 2 aromatic heterocycles. The molecule has 0 aliphatic carbocycles. The summed E-state index contributed by atoms with van der Waals surface area (Å²) in [4.78, 5) is 47.7. The standard InChI is InChI=1S/C18H22N4O7S/c1-5-7-29-17(24)14-10(3)15(18(25)28-6-2)30-16(14)20-13(23)9-21-11(4)12(8-19-21)22(26)27/h8H,5-7,9H2,1-4H3,(H,20,23). The van der Waals surface area contributed by atoms with Crippen LogP contribution in [0.2, 0.25) is 0 Å². The Balaban J connectivity index is 2.31. The number of anilines is 1. The molecule has 2 rings (SSSR count). The van der Waals surface area contributed by atoms with Gasteiger partial charge in [0.15, 0.2) is 0 Å². The lowest BCUT2D eigenvalue weighted by Gasteiger charge is -2.08. The minimum absolute atomic E-state index is 0.0769. The number of thiophene rings is 1. The third-order valence-corrected chi connectivity index (χ3v) is 5.26. The molecule has 162 valence electrons. The van der Waals surface area contributed by atoms with Crippen molar-refractivity contribution in [1.29, 1.82) is 0 Å². The molecule has 2 heterocycles. The minimum Gasteiger partial charge on any atom is -0.462 e. The summed E-state index contributed by atoms with van der Waals surface area (Å²) in [6.45, 7) is 6.58. The van der Waals surface area contributed by atoms with Crippen molar-refractivity contribution in [3.8, 4) is 0 Å². The van der Waals surface area contributed by atoms with Gasteiger partial charge in [-0.05, 0) is 32.8 Å². The smallest absolute Gasteiger partial charge is 0.348 e. The summed E-state index contributed by atoms with van der Waals surface area (Å²) in [6, 6.07) is 0. The van der Waals surface area contributed by atoms with Gasteiger partial charge in [-0.1, -0.05) is 6.92 Å². The zero-order chi connectivity index (χ0) is 22.4. The summed E-state index contributed by atoms with van der Waals surface area (Å²) in [5, 5.41) is 17.5. The summed E-state index contributed by atoms with van der Waals surface area (Å²) in [7, 11) is 0. The molecule has 0 bridgehead atoms. The molecule has 0 radical (unpaired) electrons. The number of nitrogens with zero attached hydrogens (tertiary/aromatic N) is 3. The molecule has 0 aliphatic heterocycles. The van der Waals surface area contributed by atoms with Crippen LogP contribution in [0.25, 0.3) is 0 Å². The fourth-order valence-corrected chi connectivity index (χ4v) is 3.69. The van der Waals surface area contributed by atoms with Crippen LogP contribution in [-0.2, 0) is 20.8 Å². The molecule has 0 fully saturated rings. The number of carbonyl (C=O) groups excluding carboxylic acids is 3. The zero-order valence-electron chi connectivity index (χ0n) is 17.0. The summed E-state index contributed by atoms with van der Waals surface area (Å²) >= 11 is 0.904. The first-order valence-electron chi connectivity index (χ1n) is 9.15. The van der Waals surface area contributed by atoms with E-state index in [0.717, 1.165) is 17.5 Å². The molecular formula is C18H22N4O7S. The lowest BCUT2D eigenvalue weighted by Crippen LogP contribution is -2.21. The Morgan fingerprint density at radius 1 is 1.23 bits per heavy atom. The predicted octanol–water partition coefficient (Wildman–Crippen LogP) is 2.85. The highest BCUT2D eigenvalue weighted by atomic mass is 32.1. The molecule has 0 unspecified atom stereocenters. The van der Waals surface area contributed by atoms with E-state index in [1.807, 2.05) is 6.92 Å². The summed E-state index contributed by atoms with van der Waals surface area (Å²) < 4.78 is 11.4. The lowest BCUT2D eigenvalue weighted by molar-refractivity contribution is -0.385. The number of nitrogens with one attached hydrogen (secondary N) is 1. The average Bonchev–Trinajstić information content (AvgIpc) is 3.20. The molecule has 12 heteroatoms. The maximum Gasteiger partial charge on any atom is 0.348 e. The summed E-state index contributed by atoms with van der Waals surface area (Å²) in [5.74, 6) is -1.84. The van der Waals surface area contributed by atoms with Gasteiger partial charge < -0.3 is 14.8 Å². The number of ether oxygens (including phenoxy) is 2. The number of aromatic nitrogens is 2. The Kier molecular flexibility index (Phi) is 7.64. The van der Waals surface area contributed by atoms with Crippen molar-refractivity contribution >= 4 is 39.9 Å². The molecule has 0 aliphatic rings. The van der Waals surface area contributed by atoms with Crippen LogP contribution in [0.1, 0.15) is 51.6 Å². The highest BCUT2D eigenvalue weighted by Crippen LogP contribution is 2.34. The van der Waals surface area contributed by atoms with E-state index in [1.54, 1.807) is 13.8 Å². The highest BCUT2D eigenvalue weighted by molar-refractivity contribution is 7.18. The molecule has 30 heavy (non-hydrogen) atoms. The van der Waals surface area contributed by atoms with E-state index in [2.05, 4.69) is 10.4 Å². The molecule has 2 aromatic rings. The number of amides is 1. The van der Waals surface area contributed by atoms with Crippen molar-refractivity contribution in [3.05, 3.63) is 38.0 Å². The van der Waals surface area contributed by atoms with Gasteiger partial charge in [0.2, 0.25) is 5.91 Å². The number of hydrogen-bond donors (Lipinski definition) is 1. The van der Waals surface area contributed by atoms with Crippen molar-refractivity contribution < 1.29 is 28.8 Å². The van der Waals surface area contributed by atoms with Crippen LogP contribution in [0.3, 0.4) is 0 Å². The van der Waals surface area contributed by atoms with Gasteiger partial charge in [0.1, 0.15) is 28.3 Å². The van der Waals surface area contributed by atoms with E-state index in [0.29, 0.717) is 12.0 Å². The maximum atomic E-state index is 12.5. The first-order valence-corrected chi connectivity index (χ1v) is 9.97. The number of carbonyl (C=O) groups is 3. The minimum atomic E-state index is -0.664.